The summed E-state index contributed by atoms with van der Waals surface area (Å²) in [5.74, 6) is 0.934. The second-order valence-electron chi connectivity index (χ2n) is 4.92. The fourth-order valence-electron chi connectivity index (χ4n) is 1.83. The number of ether oxygens (including phenoxy) is 1. The molecule has 0 radical (unpaired) electrons. The maximum absolute atomic E-state index is 11.5. The van der Waals surface area contributed by atoms with Crippen LogP contribution in [0, 0.1) is 0 Å². The normalized spacial score (nSPS) is 12.3. The molecule has 1 atom stereocenters. The van der Waals surface area contributed by atoms with Gasteiger partial charge in [0.05, 0.1) is 7.11 Å². The van der Waals surface area contributed by atoms with E-state index in [1.165, 1.54) is 0 Å². The molecular formula is C15H24N2O2. The fourth-order valence-corrected chi connectivity index (χ4v) is 1.83. The van der Waals surface area contributed by atoms with Crippen molar-refractivity contribution in [3.05, 3.63) is 29.8 Å². The van der Waals surface area contributed by atoms with Gasteiger partial charge in [0.2, 0.25) is 5.91 Å². The van der Waals surface area contributed by atoms with E-state index in [9.17, 15) is 4.79 Å². The lowest BCUT2D eigenvalue weighted by Gasteiger charge is -2.15. The summed E-state index contributed by atoms with van der Waals surface area (Å²) in [6, 6.07) is 8.34. The molecule has 0 aliphatic rings. The maximum atomic E-state index is 11.5. The van der Waals surface area contributed by atoms with Crippen molar-refractivity contribution in [3.8, 4) is 5.75 Å². The Balaban J connectivity index is 2.38. The molecule has 0 aliphatic heterocycles. The topological polar surface area (TPSA) is 50.4 Å². The van der Waals surface area contributed by atoms with Gasteiger partial charge in [-0.05, 0) is 38.5 Å². The molecule has 0 fully saturated rings. The molecule has 0 bridgehead atoms. The molecule has 0 spiro atoms. The van der Waals surface area contributed by atoms with Gasteiger partial charge in [-0.15, -0.1) is 0 Å². The van der Waals surface area contributed by atoms with Crippen LogP contribution in [0.15, 0.2) is 24.3 Å². The van der Waals surface area contributed by atoms with Gasteiger partial charge < -0.3 is 15.4 Å². The molecule has 0 aromatic heterocycles. The van der Waals surface area contributed by atoms with Crippen molar-refractivity contribution in [1.29, 1.82) is 0 Å². The fraction of sp³-hybridized carbons (Fsp3) is 0.533. The molecule has 1 aromatic rings. The Morgan fingerprint density at radius 2 is 2.05 bits per heavy atom. The first-order chi connectivity index (χ1) is 9.02. The summed E-state index contributed by atoms with van der Waals surface area (Å²) in [4.78, 5) is 11.5. The molecule has 2 N–H and O–H groups in total. The summed E-state index contributed by atoms with van der Waals surface area (Å²) in [5, 5.41) is 6.21. The zero-order chi connectivity index (χ0) is 14.3. The van der Waals surface area contributed by atoms with Crippen LogP contribution in [0.4, 0.5) is 0 Å². The average molecular weight is 264 g/mol. The molecular weight excluding hydrogens is 240 g/mol. The Hall–Kier alpha value is -1.55. The number of carbonyl (C=O) groups excluding carboxylic acids is 1. The summed E-state index contributed by atoms with van der Waals surface area (Å²) in [6.07, 6.45) is 0.493. The number of hydrogen-bond acceptors (Lipinski definition) is 3. The van der Waals surface area contributed by atoms with Crippen LogP contribution in [0.3, 0.4) is 0 Å². The van der Waals surface area contributed by atoms with Gasteiger partial charge in [-0.25, -0.2) is 0 Å². The lowest BCUT2D eigenvalue weighted by molar-refractivity contribution is -0.121. The highest BCUT2D eigenvalue weighted by molar-refractivity contribution is 5.76. The van der Waals surface area contributed by atoms with Gasteiger partial charge in [0.1, 0.15) is 5.75 Å². The predicted octanol–water partition coefficient (Wildman–Crippen LogP) is 2.26. The molecule has 1 aromatic carbocycles. The summed E-state index contributed by atoms with van der Waals surface area (Å²) >= 11 is 0. The van der Waals surface area contributed by atoms with E-state index in [0.29, 0.717) is 13.0 Å². The third kappa shape index (κ3) is 5.75. The summed E-state index contributed by atoms with van der Waals surface area (Å²) in [6.45, 7) is 6.67. The molecule has 0 heterocycles. The number of rotatable bonds is 7. The first kappa shape index (κ1) is 15.5. The summed E-state index contributed by atoms with van der Waals surface area (Å²) < 4.78 is 5.20. The highest BCUT2D eigenvalue weighted by Gasteiger charge is 2.07. The Kier molecular flexibility index (Phi) is 6.36. The summed E-state index contributed by atoms with van der Waals surface area (Å²) in [7, 11) is 1.66. The van der Waals surface area contributed by atoms with Crippen molar-refractivity contribution in [2.75, 3.05) is 13.7 Å². The SMILES string of the molecule is COc1cccc([C@H](C)NCCC(=O)NC(C)C)c1. The molecule has 1 amide bonds. The van der Waals surface area contributed by atoms with Crippen LogP contribution in [0.2, 0.25) is 0 Å². The van der Waals surface area contributed by atoms with Gasteiger partial charge in [-0.2, -0.15) is 0 Å². The van der Waals surface area contributed by atoms with Gasteiger partial charge >= 0.3 is 0 Å². The van der Waals surface area contributed by atoms with Gasteiger partial charge in [0.15, 0.2) is 0 Å². The Morgan fingerprint density at radius 3 is 2.68 bits per heavy atom. The molecule has 0 saturated heterocycles. The third-order valence-corrected chi connectivity index (χ3v) is 2.85. The van der Waals surface area contributed by atoms with Crippen LogP contribution in [-0.4, -0.2) is 25.6 Å². The van der Waals surface area contributed by atoms with E-state index in [0.717, 1.165) is 11.3 Å². The van der Waals surface area contributed by atoms with Crippen LogP contribution < -0.4 is 15.4 Å². The quantitative estimate of drug-likeness (QED) is 0.794. The first-order valence-corrected chi connectivity index (χ1v) is 6.69. The molecule has 19 heavy (non-hydrogen) atoms. The largest absolute Gasteiger partial charge is 0.497 e. The minimum absolute atomic E-state index is 0.0837. The zero-order valence-corrected chi connectivity index (χ0v) is 12.2. The van der Waals surface area contributed by atoms with E-state index in [4.69, 9.17) is 4.74 Å². The molecule has 0 aliphatic carbocycles. The molecule has 0 unspecified atom stereocenters. The highest BCUT2D eigenvalue weighted by atomic mass is 16.5. The van der Waals surface area contributed by atoms with Gasteiger partial charge in [-0.1, -0.05) is 12.1 Å². The number of methoxy groups -OCH3 is 1. The van der Waals surface area contributed by atoms with Gasteiger partial charge in [0, 0.05) is 25.0 Å². The van der Waals surface area contributed by atoms with E-state index >= 15 is 0 Å². The third-order valence-electron chi connectivity index (χ3n) is 2.85. The minimum Gasteiger partial charge on any atom is -0.497 e. The van der Waals surface area contributed by atoms with Crippen molar-refractivity contribution in [2.24, 2.45) is 0 Å². The van der Waals surface area contributed by atoms with E-state index in [-0.39, 0.29) is 18.0 Å². The Bertz CT molecular complexity index is 405. The van der Waals surface area contributed by atoms with Crippen molar-refractivity contribution in [2.45, 2.75) is 39.3 Å². The lowest BCUT2D eigenvalue weighted by Crippen LogP contribution is -2.33. The number of nitrogens with one attached hydrogen (secondary N) is 2. The van der Waals surface area contributed by atoms with Crippen LogP contribution in [0.5, 0.6) is 5.75 Å². The zero-order valence-electron chi connectivity index (χ0n) is 12.2. The number of carbonyl (C=O) groups is 1. The summed E-state index contributed by atoms with van der Waals surface area (Å²) in [5.41, 5.74) is 1.16. The number of amides is 1. The lowest BCUT2D eigenvalue weighted by atomic mass is 10.1. The molecule has 0 saturated carbocycles. The van der Waals surface area contributed by atoms with Crippen molar-refractivity contribution in [3.63, 3.8) is 0 Å². The first-order valence-electron chi connectivity index (χ1n) is 6.69. The minimum atomic E-state index is 0.0837. The standard InChI is InChI=1S/C15H24N2O2/c1-11(2)17-15(18)8-9-16-12(3)13-6-5-7-14(10-13)19-4/h5-7,10-12,16H,8-9H2,1-4H3,(H,17,18)/t12-/m0/s1. The number of hydrogen-bond donors (Lipinski definition) is 2. The van der Waals surface area contributed by atoms with E-state index in [2.05, 4.69) is 17.6 Å². The van der Waals surface area contributed by atoms with Crippen LogP contribution >= 0.6 is 0 Å². The maximum Gasteiger partial charge on any atom is 0.221 e. The van der Waals surface area contributed by atoms with Gasteiger partial charge in [-0.3, -0.25) is 4.79 Å². The number of benzene rings is 1. The molecule has 4 nitrogen and oxygen atoms in total. The van der Waals surface area contributed by atoms with Crippen LogP contribution in [-0.2, 0) is 4.79 Å². The van der Waals surface area contributed by atoms with Crippen LogP contribution in [0.1, 0.15) is 38.8 Å². The van der Waals surface area contributed by atoms with Crippen molar-refractivity contribution in [1.82, 2.24) is 10.6 Å². The van der Waals surface area contributed by atoms with E-state index < -0.39 is 0 Å². The molecule has 1 rings (SSSR count). The van der Waals surface area contributed by atoms with Crippen LogP contribution in [0.25, 0.3) is 0 Å². The van der Waals surface area contributed by atoms with Crippen molar-refractivity contribution < 1.29 is 9.53 Å². The Morgan fingerprint density at radius 1 is 1.32 bits per heavy atom. The predicted molar refractivity (Wildman–Crippen MR) is 77.3 cm³/mol. The van der Waals surface area contributed by atoms with Gasteiger partial charge in [0.25, 0.3) is 0 Å². The smallest absolute Gasteiger partial charge is 0.221 e. The molecule has 106 valence electrons. The average Bonchev–Trinajstić information content (AvgIpc) is 2.37. The van der Waals surface area contributed by atoms with E-state index in [1.807, 2.05) is 38.1 Å². The second-order valence-corrected chi connectivity index (χ2v) is 4.92. The van der Waals surface area contributed by atoms with E-state index in [1.54, 1.807) is 7.11 Å². The molecule has 4 heteroatoms. The highest BCUT2D eigenvalue weighted by Crippen LogP contribution is 2.18. The second kappa shape index (κ2) is 7.79. The monoisotopic (exact) mass is 264 g/mol. The Labute approximate surface area is 115 Å². The van der Waals surface area contributed by atoms with Crippen molar-refractivity contribution >= 4 is 5.91 Å².